The summed E-state index contributed by atoms with van der Waals surface area (Å²) in [5.74, 6) is 1.79. The number of fused-ring (bicyclic) bond motifs is 1. The first kappa shape index (κ1) is 22.4. The van der Waals surface area contributed by atoms with E-state index >= 15 is 0 Å². The maximum absolute atomic E-state index is 11.8. The molecule has 0 atom stereocenters. The number of nitrogens with one attached hydrogen (secondary N) is 1. The normalized spacial score (nSPS) is 18.2. The van der Waals surface area contributed by atoms with Crippen LogP contribution >= 0.6 is 11.8 Å². The lowest BCUT2D eigenvalue weighted by Crippen LogP contribution is -2.39. The number of thioether (sulfide) groups is 1. The van der Waals surface area contributed by atoms with Gasteiger partial charge in [-0.1, -0.05) is 30.0 Å². The minimum atomic E-state index is -0.379. The number of anilines is 1. The second-order valence-corrected chi connectivity index (χ2v) is 10.4. The number of nitrogens with zero attached hydrogens (tertiary/aromatic N) is 3. The Morgan fingerprint density at radius 1 is 1.25 bits per heavy atom. The van der Waals surface area contributed by atoms with Gasteiger partial charge in [0.1, 0.15) is 11.6 Å². The average molecular weight is 451 g/mol. The number of amides is 1. The Hall–Kier alpha value is -2.80. The Morgan fingerprint density at radius 2 is 2.06 bits per heavy atom. The molecule has 1 amide bonds. The molecule has 6 nitrogen and oxygen atoms in total. The lowest BCUT2D eigenvalue weighted by molar-refractivity contribution is 0.260. The van der Waals surface area contributed by atoms with Crippen molar-refractivity contribution in [3.63, 3.8) is 0 Å². The van der Waals surface area contributed by atoms with Crippen LogP contribution in [0.3, 0.4) is 0 Å². The second kappa shape index (κ2) is 8.98. The molecule has 0 unspecified atom stereocenters. The van der Waals surface area contributed by atoms with Crippen LogP contribution in [-0.4, -0.2) is 41.2 Å². The average Bonchev–Trinajstić information content (AvgIpc) is 2.76. The lowest BCUT2D eigenvalue weighted by atomic mass is 9.93. The highest BCUT2D eigenvalue weighted by molar-refractivity contribution is 8.15. The fraction of sp³-hybridized carbons (Fsp3) is 0.400. The van der Waals surface area contributed by atoms with Gasteiger partial charge in [0.25, 0.3) is 5.24 Å². The molecule has 0 aliphatic carbocycles. The van der Waals surface area contributed by atoms with E-state index in [2.05, 4.69) is 53.5 Å². The van der Waals surface area contributed by atoms with Crippen molar-refractivity contribution in [3.8, 4) is 5.75 Å². The van der Waals surface area contributed by atoms with Gasteiger partial charge in [-0.2, -0.15) is 5.10 Å². The van der Waals surface area contributed by atoms with E-state index in [-0.39, 0.29) is 16.0 Å². The summed E-state index contributed by atoms with van der Waals surface area (Å²) in [5, 5.41) is 4.27. The third-order valence-corrected chi connectivity index (χ3v) is 6.59. The van der Waals surface area contributed by atoms with E-state index in [1.165, 1.54) is 23.0 Å². The van der Waals surface area contributed by atoms with Crippen molar-refractivity contribution in [1.29, 1.82) is 0 Å². The van der Waals surface area contributed by atoms with Gasteiger partial charge in [0.05, 0.1) is 17.6 Å². The van der Waals surface area contributed by atoms with E-state index in [1.54, 1.807) is 7.11 Å². The molecule has 2 aliphatic heterocycles. The topological polar surface area (TPSA) is 66.3 Å². The number of aliphatic imine (C=N–C) groups is 1. The lowest BCUT2D eigenvalue weighted by Gasteiger charge is -2.34. The number of ether oxygens (including phenoxy) is 1. The predicted octanol–water partition coefficient (Wildman–Crippen LogP) is 5.24. The monoisotopic (exact) mass is 450 g/mol. The van der Waals surface area contributed by atoms with Crippen LogP contribution in [0.1, 0.15) is 50.8 Å². The maximum atomic E-state index is 11.8. The molecular weight excluding hydrogens is 420 g/mol. The molecule has 2 heterocycles. The fourth-order valence-corrected chi connectivity index (χ4v) is 5.04. The minimum Gasteiger partial charge on any atom is -0.497 e. The first-order chi connectivity index (χ1) is 15.3. The number of hydrogen-bond donors (Lipinski definition) is 1. The van der Waals surface area contributed by atoms with Gasteiger partial charge in [0, 0.05) is 23.8 Å². The molecule has 2 aromatic rings. The molecule has 0 radical (unpaired) electrons. The maximum Gasteiger partial charge on any atom is 0.300 e. The Morgan fingerprint density at radius 3 is 2.78 bits per heavy atom. The van der Waals surface area contributed by atoms with Crippen LogP contribution in [0.25, 0.3) is 0 Å². The number of rotatable bonds is 4. The number of aryl methyl sites for hydroxylation is 1. The van der Waals surface area contributed by atoms with Gasteiger partial charge in [0.2, 0.25) is 0 Å². The molecule has 168 valence electrons. The van der Waals surface area contributed by atoms with Crippen LogP contribution in [0, 0.1) is 0 Å². The predicted molar refractivity (Wildman–Crippen MR) is 134 cm³/mol. The van der Waals surface area contributed by atoms with Gasteiger partial charge in [-0.05, 0) is 75.9 Å². The first-order valence-corrected chi connectivity index (χ1v) is 11.8. The fourth-order valence-electron chi connectivity index (χ4n) is 4.22. The summed E-state index contributed by atoms with van der Waals surface area (Å²) in [7, 11) is 1.69. The molecule has 4 rings (SSSR count). The van der Waals surface area contributed by atoms with Crippen molar-refractivity contribution < 1.29 is 9.53 Å². The zero-order valence-corrected chi connectivity index (χ0v) is 20.1. The first-order valence-electron chi connectivity index (χ1n) is 11.0. The highest BCUT2D eigenvalue weighted by Gasteiger charge is 2.34. The SMILES string of the molecule is COc1cccc(/C(=N/C(C)C)N2CCCc3cc(C4=NNC(=O)SC4(C)C)ccc32)c1. The third kappa shape index (κ3) is 4.53. The number of amidine groups is 1. The van der Waals surface area contributed by atoms with E-state index < -0.39 is 0 Å². The highest BCUT2D eigenvalue weighted by Crippen LogP contribution is 2.35. The molecule has 2 aliphatic rings. The molecule has 0 saturated carbocycles. The van der Waals surface area contributed by atoms with Crippen molar-refractivity contribution in [2.24, 2.45) is 10.1 Å². The molecule has 0 saturated heterocycles. The van der Waals surface area contributed by atoms with Crippen LogP contribution in [0.15, 0.2) is 52.6 Å². The molecule has 2 aromatic carbocycles. The molecule has 0 fully saturated rings. The second-order valence-electron chi connectivity index (χ2n) is 8.85. The van der Waals surface area contributed by atoms with Crippen LogP contribution in [-0.2, 0) is 6.42 Å². The zero-order chi connectivity index (χ0) is 22.9. The molecule has 1 N–H and O–H groups in total. The standard InChI is InChI=1S/C25H30N4O2S/c1-16(2)26-23(19-8-6-10-20(15-19)31-5)29-13-7-9-17-14-18(11-12-21(17)29)22-25(3,4)32-24(30)28-27-22/h6,8,10-12,14-16H,7,9,13H2,1-5H3,(H,28,30)/b26-23-. The summed E-state index contributed by atoms with van der Waals surface area (Å²) in [5.41, 5.74) is 8.05. The number of hydrogen-bond acceptors (Lipinski definition) is 5. The number of carbonyl (C=O) groups excluding carboxylic acids is 1. The summed E-state index contributed by atoms with van der Waals surface area (Å²) in [6.45, 7) is 9.19. The Labute approximate surface area is 194 Å². The summed E-state index contributed by atoms with van der Waals surface area (Å²) in [6, 6.07) is 14.8. The van der Waals surface area contributed by atoms with Crippen molar-refractivity contribution >= 4 is 34.2 Å². The quantitative estimate of drug-likeness (QED) is 0.511. The van der Waals surface area contributed by atoms with E-state index in [0.717, 1.165) is 47.8 Å². The van der Waals surface area contributed by atoms with Crippen LogP contribution < -0.4 is 15.1 Å². The molecule has 0 bridgehead atoms. The van der Waals surface area contributed by atoms with Crippen LogP contribution in [0.4, 0.5) is 10.5 Å². The van der Waals surface area contributed by atoms with Gasteiger partial charge < -0.3 is 9.64 Å². The van der Waals surface area contributed by atoms with Gasteiger partial charge in [-0.3, -0.25) is 9.79 Å². The number of benzene rings is 2. The van der Waals surface area contributed by atoms with Gasteiger partial charge in [0.15, 0.2) is 0 Å². The minimum absolute atomic E-state index is 0.115. The molecular formula is C25H30N4O2S. The molecule has 0 aromatic heterocycles. The summed E-state index contributed by atoms with van der Waals surface area (Å²) >= 11 is 1.27. The van der Waals surface area contributed by atoms with Crippen molar-refractivity contribution in [2.75, 3.05) is 18.6 Å². The molecule has 32 heavy (non-hydrogen) atoms. The van der Waals surface area contributed by atoms with E-state index in [4.69, 9.17) is 9.73 Å². The van der Waals surface area contributed by atoms with Crippen LogP contribution in [0.5, 0.6) is 5.75 Å². The summed E-state index contributed by atoms with van der Waals surface area (Å²) in [6.07, 6.45) is 2.04. The summed E-state index contributed by atoms with van der Waals surface area (Å²) < 4.78 is 5.08. The molecule has 0 spiro atoms. The van der Waals surface area contributed by atoms with Crippen LogP contribution in [0.2, 0.25) is 0 Å². The Kier molecular flexibility index (Phi) is 6.29. The van der Waals surface area contributed by atoms with Crippen molar-refractivity contribution in [2.45, 2.75) is 51.3 Å². The largest absolute Gasteiger partial charge is 0.497 e. The van der Waals surface area contributed by atoms with Crippen molar-refractivity contribution in [1.82, 2.24) is 5.43 Å². The Balaban J connectivity index is 1.75. The zero-order valence-electron chi connectivity index (χ0n) is 19.3. The smallest absolute Gasteiger partial charge is 0.300 e. The van der Waals surface area contributed by atoms with Gasteiger partial charge in [-0.15, -0.1) is 0 Å². The Bertz CT molecular complexity index is 1090. The highest BCUT2D eigenvalue weighted by atomic mass is 32.2. The number of carbonyl (C=O) groups is 1. The van der Waals surface area contributed by atoms with E-state index in [0.29, 0.717) is 0 Å². The summed E-state index contributed by atoms with van der Waals surface area (Å²) in [4.78, 5) is 19.1. The molecule has 7 heteroatoms. The third-order valence-electron chi connectivity index (χ3n) is 5.61. The van der Waals surface area contributed by atoms with Gasteiger partial charge in [-0.25, -0.2) is 5.43 Å². The number of hydrazone groups is 1. The van der Waals surface area contributed by atoms with Crippen molar-refractivity contribution in [3.05, 3.63) is 59.2 Å². The van der Waals surface area contributed by atoms with E-state index in [1.807, 2.05) is 32.0 Å². The van der Waals surface area contributed by atoms with Gasteiger partial charge >= 0.3 is 0 Å². The van der Waals surface area contributed by atoms with E-state index in [9.17, 15) is 4.79 Å². The number of methoxy groups -OCH3 is 1.